The topological polar surface area (TPSA) is 64.2 Å². The van der Waals surface area contributed by atoms with Gasteiger partial charge in [-0.1, -0.05) is 20.3 Å². The van der Waals surface area contributed by atoms with Crippen molar-refractivity contribution in [3.63, 3.8) is 0 Å². The van der Waals surface area contributed by atoms with Gasteiger partial charge >= 0.3 is 0 Å². The lowest BCUT2D eigenvalue weighted by atomic mass is 9.94. The molecule has 0 bridgehead atoms. The predicted molar refractivity (Wildman–Crippen MR) is 85.1 cm³/mol. The Balaban J connectivity index is 2.21. The first-order valence-corrected chi connectivity index (χ1v) is 8.10. The van der Waals surface area contributed by atoms with Crippen molar-refractivity contribution < 1.29 is 0 Å². The molecule has 0 radical (unpaired) electrons. The van der Waals surface area contributed by atoms with E-state index in [9.17, 15) is 4.79 Å². The highest BCUT2D eigenvalue weighted by atomic mass is 79.9. The predicted octanol–water partition coefficient (Wildman–Crippen LogP) is 1.98. The van der Waals surface area contributed by atoms with Crippen LogP contribution in [0, 0.1) is 5.92 Å². The van der Waals surface area contributed by atoms with Gasteiger partial charge in [-0.25, -0.2) is 4.68 Å². The molecule has 6 heteroatoms. The number of nitrogens with zero attached hydrogens (tertiary/aromatic N) is 3. The van der Waals surface area contributed by atoms with E-state index in [1.54, 1.807) is 6.20 Å². The van der Waals surface area contributed by atoms with Crippen molar-refractivity contribution >= 4 is 21.6 Å². The first kappa shape index (κ1) is 15.5. The number of aromatic nitrogens is 2. The van der Waals surface area contributed by atoms with E-state index in [0.717, 1.165) is 38.0 Å². The summed E-state index contributed by atoms with van der Waals surface area (Å²) in [5.74, 6) is 0.530. The van der Waals surface area contributed by atoms with Crippen LogP contribution in [0.2, 0.25) is 0 Å². The Morgan fingerprint density at radius 1 is 1.55 bits per heavy atom. The number of hydrogen-bond donors (Lipinski definition) is 1. The average Bonchev–Trinajstić information content (AvgIpc) is 2.44. The number of nitrogens with two attached hydrogens (primary N) is 1. The summed E-state index contributed by atoms with van der Waals surface area (Å²) in [5, 5.41) is 4.29. The quantitative estimate of drug-likeness (QED) is 0.908. The molecule has 1 fully saturated rings. The third-order valence-corrected chi connectivity index (χ3v) is 4.79. The van der Waals surface area contributed by atoms with Crippen molar-refractivity contribution in [2.24, 2.45) is 11.7 Å². The molecular formula is C14H23BrN4O. The third-order valence-electron chi connectivity index (χ3n) is 4.05. The van der Waals surface area contributed by atoms with Crippen molar-refractivity contribution in [2.45, 2.75) is 45.7 Å². The van der Waals surface area contributed by atoms with Gasteiger partial charge in [0.15, 0.2) is 0 Å². The Morgan fingerprint density at radius 3 is 2.95 bits per heavy atom. The smallest absolute Gasteiger partial charge is 0.283 e. The van der Waals surface area contributed by atoms with Crippen LogP contribution in [0.3, 0.4) is 0 Å². The lowest BCUT2D eigenvalue weighted by molar-refractivity contribution is 0.378. The van der Waals surface area contributed by atoms with Gasteiger partial charge < -0.3 is 10.6 Å². The van der Waals surface area contributed by atoms with E-state index < -0.39 is 0 Å². The lowest BCUT2D eigenvalue weighted by Gasteiger charge is -2.36. The average molecular weight is 343 g/mol. The Kier molecular flexibility index (Phi) is 5.21. The molecule has 1 aliphatic heterocycles. The van der Waals surface area contributed by atoms with E-state index in [2.05, 4.69) is 39.8 Å². The van der Waals surface area contributed by atoms with Gasteiger partial charge in [0.1, 0.15) is 4.47 Å². The highest BCUT2D eigenvalue weighted by Gasteiger charge is 2.25. The molecule has 1 aromatic heterocycles. The molecular weight excluding hydrogens is 320 g/mol. The van der Waals surface area contributed by atoms with Gasteiger partial charge in [0, 0.05) is 25.7 Å². The van der Waals surface area contributed by atoms with Crippen molar-refractivity contribution in [2.75, 3.05) is 18.0 Å². The second kappa shape index (κ2) is 6.72. The van der Waals surface area contributed by atoms with Crippen LogP contribution in [0.25, 0.3) is 0 Å². The molecule has 0 saturated carbocycles. The van der Waals surface area contributed by atoms with Crippen LogP contribution < -0.4 is 16.2 Å². The second-order valence-corrected chi connectivity index (χ2v) is 6.39. The van der Waals surface area contributed by atoms with Gasteiger partial charge in [0.25, 0.3) is 5.56 Å². The van der Waals surface area contributed by atoms with E-state index in [1.807, 2.05) is 0 Å². The fourth-order valence-electron chi connectivity index (χ4n) is 2.46. The van der Waals surface area contributed by atoms with Crippen molar-refractivity contribution in [1.82, 2.24) is 9.78 Å². The van der Waals surface area contributed by atoms with Gasteiger partial charge in [-0.15, -0.1) is 0 Å². The number of hydrogen-bond acceptors (Lipinski definition) is 4. The van der Waals surface area contributed by atoms with Gasteiger partial charge in [-0.2, -0.15) is 5.10 Å². The molecule has 0 spiro atoms. The van der Waals surface area contributed by atoms with Gasteiger partial charge in [-0.3, -0.25) is 4.79 Å². The highest BCUT2D eigenvalue weighted by Crippen LogP contribution is 2.26. The molecule has 1 aliphatic rings. The second-order valence-electron chi connectivity index (χ2n) is 5.60. The minimum atomic E-state index is -0.0526. The fourth-order valence-corrected chi connectivity index (χ4v) is 3.02. The minimum absolute atomic E-state index is 0.0526. The Morgan fingerprint density at radius 2 is 2.30 bits per heavy atom. The van der Waals surface area contributed by atoms with Crippen molar-refractivity contribution in [3.8, 4) is 0 Å². The summed E-state index contributed by atoms with van der Waals surface area (Å²) < 4.78 is 2.13. The molecule has 2 rings (SSSR count). The molecule has 2 unspecified atom stereocenters. The van der Waals surface area contributed by atoms with Crippen molar-refractivity contribution in [3.05, 3.63) is 21.0 Å². The van der Waals surface area contributed by atoms with E-state index >= 15 is 0 Å². The number of piperidine rings is 1. The largest absolute Gasteiger partial charge is 0.368 e. The molecule has 1 saturated heterocycles. The molecule has 1 aromatic rings. The van der Waals surface area contributed by atoms with E-state index in [0.29, 0.717) is 16.9 Å². The number of halogens is 1. The third kappa shape index (κ3) is 3.23. The standard InChI is InChI=1S/C14H23BrN4O/c1-3-4-6-19-14(20)13(15)12(8-17-19)18-7-5-10(2)11(16)9-18/h8,10-11H,3-7,9,16H2,1-2H3. The van der Waals surface area contributed by atoms with Gasteiger partial charge in [-0.05, 0) is 34.7 Å². The first-order valence-electron chi connectivity index (χ1n) is 7.30. The molecule has 0 aliphatic carbocycles. The number of aryl methyl sites for hydroxylation is 1. The summed E-state index contributed by atoms with van der Waals surface area (Å²) >= 11 is 3.44. The van der Waals surface area contributed by atoms with Crippen LogP contribution in [0.1, 0.15) is 33.1 Å². The Bertz CT molecular complexity index is 516. The molecule has 20 heavy (non-hydrogen) atoms. The zero-order valence-corrected chi connectivity index (χ0v) is 13.8. The van der Waals surface area contributed by atoms with E-state index in [-0.39, 0.29) is 11.6 Å². The molecule has 0 aromatic carbocycles. The number of rotatable bonds is 4. The zero-order valence-electron chi connectivity index (χ0n) is 12.2. The molecule has 2 N–H and O–H groups in total. The monoisotopic (exact) mass is 342 g/mol. The molecule has 2 atom stereocenters. The van der Waals surface area contributed by atoms with Crippen LogP contribution >= 0.6 is 15.9 Å². The van der Waals surface area contributed by atoms with Crippen LogP contribution in [0.4, 0.5) is 5.69 Å². The molecule has 0 amide bonds. The van der Waals surface area contributed by atoms with Gasteiger partial charge in [0.05, 0.1) is 11.9 Å². The summed E-state index contributed by atoms with van der Waals surface area (Å²) in [5.41, 5.74) is 6.94. The maximum atomic E-state index is 12.3. The summed E-state index contributed by atoms with van der Waals surface area (Å²) in [6.45, 7) is 6.65. The van der Waals surface area contributed by atoms with Crippen LogP contribution in [0.5, 0.6) is 0 Å². The van der Waals surface area contributed by atoms with Crippen LogP contribution in [-0.4, -0.2) is 28.9 Å². The highest BCUT2D eigenvalue weighted by molar-refractivity contribution is 9.10. The zero-order chi connectivity index (χ0) is 14.7. The van der Waals surface area contributed by atoms with E-state index in [1.165, 1.54) is 4.68 Å². The minimum Gasteiger partial charge on any atom is -0.368 e. The van der Waals surface area contributed by atoms with Gasteiger partial charge in [0.2, 0.25) is 0 Å². The summed E-state index contributed by atoms with van der Waals surface area (Å²) in [4.78, 5) is 14.4. The summed E-state index contributed by atoms with van der Waals surface area (Å²) in [6.07, 6.45) is 4.84. The lowest BCUT2D eigenvalue weighted by Crippen LogP contribution is -2.48. The Hall–Kier alpha value is -0.880. The molecule has 2 heterocycles. The molecule has 5 nitrogen and oxygen atoms in total. The SMILES string of the molecule is CCCCn1ncc(N2CCC(C)C(N)C2)c(Br)c1=O. The molecule has 112 valence electrons. The van der Waals surface area contributed by atoms with Crippen molar-refractivity contribution in [1.29, 1.82) is 0 Å². The maximum absolute atomic E-state index is 12.3. The van der Waals surface area contributed by atoms with E-state index in [4.69, 9.17) is 5.73 Å². The Labute approximate surface area is 128 Å². The van der Waals surface area contributed by atoms with Crippen LogP contribution in [-0.2, 0) is 6.54 Å². The number of anilines is 1. The van der Waals surface area contributed by atoms with Crippen LogP contribution in [0.15, 0.2) is 15.5 Å². The number of unbranched alkanes of at least 4 members (excludes halogenated alkanes) is 1. The summed E-state index contributed by atoms with van der Waals surface area (Å²) in [7, 11) is 0. The fraction of sp³-hybridized carbons (Fsp3) is 0.714. The normalized spacial score (nSPS) is 23.1. The summed E-state index contributed by atoms with van der Waals surface area (Å²) in [6, 6.07) is 0.151. The first-order chi connectivity index (χ1) is 9.54. The maximum Gasteiger partial charge on any atom is 0.283 e.